The maximum atomic E-state index is 13.7. The first-order valence-corrected chi connectivity index (χ1v) is 5.08. The first-order chi connectivity index (χ1) is 7.85. The Kier molecular flexibility index (Phi) is 4.11. The molecule has 1 aromatic heterocycles. The quantitative estimate of drug-likeness (QED) is 0.860. The van der Waals surface area contributed by atoms with Gasteiger partial charge in [0.2, 0.25) is 0 Å². The number of aromatic nitrogens is 1. The van der Waals surface area contributed by atoms with Crippen molar-refractivity contribution < 1.29 is 18.7 Å². The predicted octanol–water partition coefficient (Wildman–Crippen LogP) is 1.01. The minimum absolute atomic E-state index is 0.152. The predicted molar refractivity (Wildman–Crippen MR) is 57.4 cm³/mol. The molecule has 0 aliphatic rings. The van der Waals surface area contributed by atoms with Crippen molar-refractivity contribution in [2.75, 3.05) is 13.6 Å². The van der Waals surface area contributed by atoms with Gasteiger partial charge in [0.05, 0.1) is 6.10 Å². The second-order valence-electron chi connectivity index (χ2n) is 3.82. The fourth-order valence-electron chi connectivity index (χ4n) is 1.38. The zero-order chi connectivity index (χ0) is 13.1. The summed E-state index contributed by atoms with van der Waals surface area (Å²) in [5.41, 5.74) is -0.595. The standard InChI is InChI=1S/C11H14F2N2O2/c1-8(16)7-15(2)10(17)11(12,13)9-5-3-4-6-14-9/h3-6,8,16H,7H2,1-2H3. The number of carbonyl (C=O) groups is 1. The highest BCUT2D eigenvalue weighted by Crippen LogP contribution is 2.28. The average molecular weight is 244 g/mol. The molecule has 0 spiro atoms. The van der Waals surface area contributed by atoms with E-state index < -0.39 is 23.6 Å². The maximum Gasteiger partial charge on any atom is 0.366 e. The van der Waals surface area contributed by atoms with Crippen molar-refractivity contribution in [1.82, 2.24) is 9.88 Å². The third-order valence-corrected chi connectivity index (χ3v) is 2.14. The number of nitrogens with zero attached hydrogens (tertiary/aromatic N) is 2. The van der Waals surface area contributed by atoms with E-state index in [1.54, 1.807) is 0 Å². The van der Waals surface area contributed by atoms with E-state index in [-0.39, 0.29) is 6.54 Å². The molecule has 1 N–H and O–H groups in total. The van der Waals surface area contributed by atoms with Crippen LogP contribution in [0.3, 0.4) is 0 Å². The summed E-state index contributed by atoms with van der Waals surface area (Å²) < 4.78 is 27.4. The van der Waals surface area contributed by atoms with E-state index in [2.05, 4.69) is 4.98 Å². The molecule has 4 nitrogen and oxygen atoms in total. The summed E-state index contributed by atoms with van der Waals surface area (Å²) in [7, 11) is 1.21. The Labute approximate surface area is 97.9 Å². The average Bonchev–Trinajstić information content (AvgIpc) is 2.28. The molecule has 1 unspecified atom stereocenters. The highest BCUT2D eigenvalue weighted by molar-refractivity contribution is 5.84. The lowest BCUT2D eigenvalue weighted by Crippen LogP contribution is -2.42. The second kappa shape index (κ2) is 5.18. The van der Waals surface area contributed by atoms with Crippen LogP contribution in [0.25, 0.3) is 0 Å². The van der Waals surface area contributed by atoms with Crippen molar-refractivity contribution in [1.29, 1.82) is 0 Å². The molecule has 0 fully saturated rings. The van der Waals surface area contributed by atoms with E-state index in [4.69, 9.17) is 5.11 Å². The third-order valence-electron chi connectivity index (χ3n) is 2.14. The highest BCUT2D eigenvalue weighted by atomic mass is 19.3. The van der Waals surface area contributed by atoms with Crippen LogP contribution in [0.1, 0.15) is 12.6 Å². The number of aliphatic hydroxyl groups is 1. The summed E-state index contributed by atoms with van der Waals surface area (Å²) in [6.45, 7) is 1.27. The minimum Gasteiger partial charge on any atom is -0.392 e. The van der Waals surface area contributed by atoms with E-state index in [0.29, 0.717) is 0 Å². The van der Waals surface area contributed by atoms with Crippen molar-refractivity contribution in [3.05, 3.63) is 30.1 Å². The van der Waals surface area contributed by atoms with Gasteiger partial charge in [-0.25, -0.2) is 0 Å². The Morgan fingerprint density at radius 1 is 1.59 bits per heavy atom. The maximum absolute atomic E-state index is 13.7. The Bertz CT molecular complexity index is 382. The number of aliphatic hydroxyl groups excluding tert-OH is 1. The van der Waals surface area contributed by atoms with Gasteiger partial charge < -0.3 is 10.0 Å². The number of alkyl halides is 2. The van der Waals surface area contributed by atoms with Crippen LogP contribution >= 0.6 is 0 Å². The molecule has 1 aromatic rings. The first-order valence-electron chi connectivity index (χ1n) is 5.08. The molecule has 0 bridgehead atoms. The lowest BCUT2D eigenvalue weighted by Gasteiger charge is -2.23. The van der Waals surface area contributed by atoms with Crippen molar-refractivity contribution in [3.8, 4) is 0 Å². The van der Waals surface area contributed by atoms with Gasteiger partial charge in [-0.1, -0.05) is 6.07 Å². The third kappa shape index (κ3) is 3.20. The van der Waals surface area contributed by atoms with E-state index in [0.717, 1.165) is 11.0 Å². The van der Waals surface area contributed by atoms with Crippen molar-refractivity contribution in [3.63, 3.8) is 0 Å². The van der Waals surface area contributed by atoms with Gasteiger partial charge in [-0.15, -0.1) is 0 Å². The summed E-state index contributed by atoms with van der Waals surface area (Å²) in [6, 6.07) is 3.97. The molecule has 0 saturated carbocycles. The minimum atomic E-state index is -3.68. The normalized spacial score (nSPS) is 13.2. The van der Waals surface area contributed by atoms with Crippen molar-refractivity contribution in [2.45, 2.75) is 19.0 Å². The van der Waals surface area contributed by atoms with Crippen LogP contribution in [-0.2, 0) is 10.7 Å². The summed E-state index contributed by atoms with van der Waals surface area (Å²) in [4.78, 5) is 15.8. The molecule has 94 valence electrons. The van der Waals surface area contributed by atoms with Gasteiger partial charge in [0, 0.05) is 19.8 Å². The molecular formula is C11H14F2N2O2. The number of amides is 1. The SMILES string of the molecule is CC(O)CN(C)C(=O)C(F)(F)c1ccccn1. The highest BCUT2D eigenvalue weighted by Gasteiger charge is 2.44. The number of carbonyl (C=O) groups excluding carboxylic acids is 1. The summed E-state index contributed by atoms with van der Waals surface area (Å²) in [5, 5.41) is 9.05. The topological polar surface area (TPSA) is 53.4 Å². The fourth-order valence-corrected chi connectivity index (χ4v) is 1.38. The number of pyridine rings is 1. The first kappa shape index (κ1) is 13.5. The molecule has 6 heteroatoms. The van der Waals surface area contributed by atoms with Gasteiger partial charge >= 0.3 is 5.92 Å². The van der Waals surface area contributed by atoms with Crippen molar-refractivity contribution in [2.24, 2.45) is 0 Å². The number of likely N-dealkylation sites (N-methyl/N-ethyl adjacent to an activating group) is 1. The van der Waals surface area contributed by atoms with Gasteiger partial charge in [0.1, 0.15) is 5.69 Å². The Balaban J connectivity index is 2.87. The van der Waals surface area contributed by atoms with Crippen LogP contribution in [0, 0.1) is 0 Å². The van der Waals surface area contributed by atoms with Crippen LogP contribution < -0.4 is 0 Å². The molecule has 17 heavy (non-hydrogen) atoms. The Morgan fingerprint density at radius 2 is 2.24 bits per heavy atom. The van der Waals surface area contributed by atoms with Crippen LogP contribution in [0.15, 0.2) is 24.4 Å². The Hall–Kier alpha value is -1.56. The molecule has 0 radical (unpaired) electrons. The number of hydrogen-bond acceptors (Lipinski definition) is 3. The zero-order valence-electron chi connectivity index (χ0n) is 9.60. The molecule has 1 rings (SSSR count). The largest absolute Gasteiger partial charge is 0.392 e. The molecule has 0 aliphatic heterocycles. The molecule has 1 atom stereocenters. The second-order valence-corrected chi connectivity index (χ2v) is 3.82. The molecular weight excluding hydrogens is 230 g/mol. The molecule has 0 aromatic carbocycles. The lowest BCUT2D eigenvalue weighted by atomic mass is 10.2. The molecule has 1 amide bonds. The van der Waals surface area contributed by atoms with Crippen molar-refractivity contribution >= 4 is 5.91 Å². The van der Waals surface area contributed by atoms with Crippen LogP contribution in [0.2, 0.25) is 0 Å². The van der Waals surface area contributed by atoms with Gasteiger partial charge in [0.25, 0.3) is 5.91 Å². The van der Waals surface area contributed by atoms with E-state index >= 15 is 0 Å². The van der Waals surface area contributed by atoms with Crippen LogP contribution in [0.5, 0.6) is 0 Å². The Morgan fingerprint density at radius 3 is 2.71 bits per heavy atom. The number of rotatable bonds is 4. The van der Waals surface area contributed by atoms with E-state index in [1.165, 1.54) is 32.3 Å². The van der Waals surface area contributed by atoms with E-state index in [9.17, 15) is 13.6 Å². The summed E-state index contributed by atoms with van der Waals surface area (Å²) in [5.74, 6) is -5.05. The van der Waals surface area contributed by atoms with Gasteiger partial charge in [-0.3, -0.25) is 9.78 Å². The molecule has 0 saturated heterocycles. The van der Waals surface area contributed by atoms with E-state index in [1.807, 2.05) is 0 Å². The smallest absolute Gasteiger partial charge is 0.366 e. The van der Waals surface area contributed by atoms with Crippen LogP contribution in [-0.4, -0.2) is 40.6 Å². The summed E-state index contributed by atoms with van der Waals surface area (Å²) >= 11 is 0. The van der Waals surface area contributed by atoms with Crippen LogP contribution in [0.4, 0.5) is 8.78 Å². The zero-order valence-corrected chi connectivity index (χ0v) is 9.60. The van der Waals surface area contributed by atoms with Gasteiger partial charge in [-0.05, 0) is 19.1 Å². The molecule has 0 aliphatic carbocycles. The monoisotopic (exact) mass is 244 g/mol. The fraction of sp³-hybridized carbons (Fsp3) is 0.455. The molecule has 1 heterocycles. The van der Waals surface area contributed by atoms with Gasteiger partial charge in [0.15, 0.2) is 0 Å². The number of hydrogen-bond donors (Lipinski definition) is 1. The van der Waals surface area contributed by atoms with Gasteiger partial charge in [-0.2, -0.15) is 8.78 Å². The summed E-state index contributed by atoms with van der Waals surface area (Å²) in [6.07, 6.45) is 0.342. The number of halogens is 2. The lowest BCUT2D eigenvalue weighted by molar-refractivity contribution is -0.159.